The molecule has 0 unspecified atom stereocenters. The first kappa shape index (κ1) is 11.2. The average molecular weight is 256 g/mol. The SMILES string of the molecule is Cc1cc(O)c2sc3ccccc3c(=O)c2c1C. The van der Waals surface area contributed by atoms with Gasteiger partial charge in [-0.1, -0.05) is 12.1 Å². The molecular weight excluding hydrogens is 244 g/mol. The first-order valence-corrected chi connectivity index (χ1v) is 6.56. The molecule has 3 aromatic rings. The molecule has 1 aromatic heterocycles. The maximum atomic E-state index is 12.5. The van der Waals surface area contributed by atoms with Crippen LogP contribution >= 0.6 is 11.3 Å². The Bertz CT molecular complexity index is 831. The Balaban J connectivity index is 2.69. The molecule has 0 radical (unpaired) electrons. The highest BCUT2D eigenvalue weighted by Gasteiger charge is 2.12. The fraction of sp³-hybridized carbons (Fsp3) is 0.133. The Hall–Kier alpha value is -1.87. The molecule has 0 spiro atoms. The molecular formula is C15H12O2S. The molecule has 0 aliphatic rings. The van der Waals surface area contributed by atoms with Gasteiger partial charge in [0, 0.05) is 15.5 Å². The van der Waals surface area contributed by atoms with Crippen LogP contribution in [-0.4, -0.2) is 5.11 Å². The largest absolute Gasteiger partial charge is 0.506 e. The van der Waals surface area contributed by atoms with Crippen molar-refractivity contribution in [1.82, 2.24) is 0 Å². The highest BCUT2D eigenvalue weighted by atomic mass is 32.1. The van der Waals surface area contributed by atoms with Gasteiger partial charge < -0.3 is 5.11 Å². The van der Waals surface area contributed by atoms with Crippen molar-refractivity contribution in [2.75, 3.05) is 0 Å². The summed E-state index contributed by atoms with van der Waals surface area (Å²) in [6, 6.07) is 9.25. The molecule has 3 heteroatoms. The van der Waals surface area contributed by atoms with Crippen LogP contribution in [-0.2, 0) is 0 Å². The highest BCUT2D eigenvalue weighted by molar-refractivity contribution is 7.24. The fourth-order valence-electron chi connectivity index (χ4n) is 2.24. The Morgan fingerprint density at radius 3 is 2.67 bits per heavy atom. The summed E-state index contributed by atoms with van der Waals surface area (Å²) in [5.74, 6) is 0.195. The summed E-state index contributed by atoms with van der Waals surface area (Å²) in [7, 11) is 0. The number of aryl methyl sites for hydroxylation is 2. The van der Waals surface area contributed by atoms with Crippen LogP contribution in [0.4, 0.5) is 0 Å². The van der Waals surface area contributed by atoms with E-state index >= 15 is 0 Å². The molecule has 18 heavy (non-hydrogen) atoms. The zero-order chi connectivity index (χ0) is 12.9. The Labute approximate surface area is 108 Å². The summed E-state index contributed by atoms with van der Waals surface area (Å²) in [5.41, 5.74) is 1.91. The number of phenols is 1. The molecule has 0 amide bonds. The molecule has 0 atom stereocenters. The van der Waals surface area contributed by atoms with E-state index in [1.165, 1.54) is 11.3 Å². The van der Waals surface area contributed by atoms with Crippen molar-refractivity contribution in [2.45, 2.75) is 13.8 Å². The van der Waals surface area contributed by atoms with Crippen molar-refractivity contribution >= 4 is 31.5 Å². The van der Waals surface area contributed by atoms with E-state index in [9.17, 15) is 9.90 Å². The minimum absolute atomic E-state index is 0.0100. The van der Waals surface area contributed by atoms with E-state index in [1.54, 1.807) is 6.07 Å². The molecule has 90 valence electrons. The lowest BCUT2D eigenvalue weighted by Crippen LogP contribution is -2.03. The predicted molar refractivity (Wildman–Crippen MR) is 76.7 cm³/mol. The smallest absolute Gasteiger partial charge is 0.196 e. The van der Waals surface area contributed by atoms with Crippen LogP contribution in [0.15, 0.2) is 35.1 Å². The minimum atomic E-state index is 0.0100. The van der Waals surface area contributed by atoms with Crippen LogP contribution in [0.1, 0.15) is 11.1 Å². The van der Waals surface area contributed by atoms with Crippen LogP contribution in [0.3, 0.4) is 0 Å². The summed E-state index contributed by atoms with van der Waals surface area (Å²) >= 11 is 1.46. The van der Waals surface area contributed by atoms with E-state index in [-0.39, 0.29) is 11.2 Å². The normalized spacial score (nSPS) is 11.2. The molecule has 2 nitrogen and oxygen atoms in total. The second-order valence-electron chi connectivity index (χ2n) is 4.47. The Kier molecular flexibility index (Phi) is 2.38. The maximum absolute atomic E-state index is 12.5. The number of phenolic OH excluding ortho intramolecular Hbond substituents is 1. The number of hydrogen-bond donors (Lipinski definition) is 1. The monoisotopic (exact) mass is 256 g/mol. The lowest BCUT2D eigenvalue weighted by atomic mass is 10.0. The van der Waals surface area contributed by atoms with Crippen molar-refractivity contribution in [3.63, 3.8) is 0 Å². The van der Waals surface area contributed by atoms with Crippen molar-refractivity contribution in [3.8, 4) is 5.75 Å². The van der Waals surface area contributed by atoms with E-state index in [0.717, 1.165) is 21.2 Å². The molecule has 0 saturated carbocycles. The number of rotatable bonds is 0. The third-order valence-corrected chi connectivity index (χ3v) is 4.54. The summed E-state index contributed by atoms with van der Waals surface area (Å²) < 4.78 is 1.59. The maximum Gasteiger partial charge on any atom is 0.196 e. The van der Waals surface area contributed by atoms with Crippen molar-refractivity contribution in [2.24, 2.45) is 0 Å². The third-order valence-electron chi connectivity index (χ3n) is 3.35. The van der Waals surface area contributed by atoms with Gasteiger partial charge in [0.15, 0.2) is 5.43 Å². The summed E-state index contributed by atoms with van der Waals surface area (Å²) in [5, 5.41) is 11.4. The van der Waals surface area contributed by atoms with Crippen LogP contribution < -0.4 is 5.43 Å². The molecule has 0 aliphatic heterocycles. The third kappa shape index (κ3) is 1.44. The number of aromatic hydroxyl groups is 1. The number of benzene rings is 2. The lowest BCUT2D eigenvalue weighted by Gasteiger charge is -2.08. The fourth-order valence-corrected chi connectivity index (χ4v) is 3.39. The Morgan fingerprint density at radius 2 is 1.89 bits per heavy atom. The summed E-state index contributed by atoms with van der Waals surface area (Å²) in [6.45, 7) is 3.84. The molecule has 2 aromatic carbocycles. The topological polar surface area (TPSA) is 37.3 Å². The van der Waals surface area contributed by atoms with E-state index in [0.29, 0.717) is 10.1 Å². The Morgan fingerprint density at radius 1 is 1.17 bits per heavy atom. The van der Waals surface area contributed by atoms with Crippen molar-refractivity contribution in [1.29, 1.82) is 0 Å². The molecule has 1 N–H and O–H groups in total. The van der Waals surface area contributed by atoms with Gasteiger partial charge in [-0.25, -0.2) is 0 Å². The number of hydrogen-bond acceptors (Lipinski definition) is 3. The predicted octanol–water partition coefficient (Wildman–Crippen LogP) is 3.74. The van der Waals surface area contributed by atoms with E-state index in [4.69, 9.17) is 0 Å². The summed E-state index contributed by atoms with van der Waals surface area (Å²) in [6.07, 6.45) is 0. The van der Waals surface area contributed by atoms with Crippen LogP contribution in [0.25, 0.3) is 20.2 Å². The molecule has 0 fully saturated rings. The van der Waals surface area contributed by atoms with Gasteiger partial charge in [0.25, 0.3) is 0 Å². The van der Waals surface area contributed by atoms with Gasteiger partial charge in [0.1, 0.15) is 5.75 Å². The second-order valence-corrected chi connectivity index (χ2v) is 5.52. The molecule has 3 rings (SSSR count). The van der Waals surface area contributed by atoms with Gasteiger partial charge in [-0.3, -0.25) is 4.79 Å². The van der Waals surface area contributed by atoms with Gasteiger partial charge in [0.05, 0.1) is 4.70 Å². The molecule has 1 heterocycles. The van der Waals surface area contributed by atoms with Gasteiger partial charge in [0.2, 0.25) is 0 Å². The first-order valence-electron chi connectivity index (χ1n) is 5.74. The lowest BCUT2D eigenvalue weighted by molar-refractivity contribution is 0.482. The number of fused-ring (bicyclic) bond motifs is 2. The van der Waals surface area contributed by atoms with Crippen molar-refractivity contribution < 1.29 is 5.11 Å². The molecule has 0 aliphatic carbocycles. The zero-order valence-electron chi connectivity index (χ0n) is 10.2. The van der Waals surface area contributed by atoms with Gasteiger partial charge in [-0.15, -0.1) is 11.3 Å². The second kappa shape index (κ2) is 3.82. The van der Waals surface area contributed by atoms with Gasteiger partial charge >= 0.3 is 0 Å². The highest BCUT2D eigenvalue weighted by Crippen LogP contribution is 2.34. The zero-order valence-corrected chi connectivity index (χ0v) is 11.0. The average Bonchev–Trinajstić information content (AvgIpc) is 2.36. The standard InChI is InChI=1S/C15H12O2S/c1-8-7-11(16)15-13(9(8)2)14(17)10-5-3-4-6-12(10)18-15/h3-7,16H,1-2H3. The van der Waals surface area contributed by atoms with Crippen LogP contribution in [0.2, 0.25) is 0 Å². The summed E-state index contributed by atoms with van der Waals surface area (Å²) in [4.78, 5) is 12.5. The minimum Gasteiger partial charge on any atom is -0.506 e. The van der Waals surface area contributed by atoms with Gasteiger partial charge in [-0.2, -0.15) is 0 Å². The van der Waals surface area contributed by atoms with Crippen LogP contribution in [0.5, 0.6) is 5.75 Å². The molecule has 0 saturated heterocycles. The van der Waals surface area contributed by atoms with Gasteiger partial charge in [-0.05, 0) is 43.2 Å². The van der Waals surface area contributed by atoms with E-state index in [1.807, 2.05) is 38.1 Å². The van der Waals surface area contributed by atoms with E-state index in [2.05, 4.69) is 0 Å². The van der Waals surface area contributed by atoms with E-state index < -0.39 is 0 Å². The van der Waals surface area contributed by atoms with Crippen LogP contribution in [0, 0.1) is 13.8 Å². The molecule has 0 bridgehead atoms. The van der Waals surface area contributed by atoms with Crippen molar-refractivity contribution in [3.05, 3.63) is 51.7 Å². The first-order chi connectivity index (χ1) is 8.59. The quantitative estimate of drug-likeness (QED) is 0.622.